The van der Waals surface area contributed by atoms with Crippen molar-refractivity contribution in [2.75, 3.05) is 18.0 Å². The van der Waals surface area contributed by atoms with Gasteiger partial charge in [-0.3, -0.25) is 0 Å². The van der Waals surface area contributed by atoms with Crippen molar-refractivity contribution in [3.8, 4) is 0 Å². The molecule has 1 aromatic rings. The van der Waals surface area contributed by atoms with E-state index in [1.807, 2.05) is 6.07 Å². The van der Waals surface area contributed by atoms with Crippen molar-refractivity contribution in [2.24, 2.45) is 11.7 Å². The lowest BCUT2D eigenvalue weighted by Crippen LogP contribution is -2.29. The van der Waals surface area contributed by atoms with Crippen LogP contribution in [0.1, 0.15) is 39.7 Å². The van der Waals surface area contributed by atoms with Gasteiger partial charge < -0.3 is 10.6 Å². The summed E-state index contributed by atoms with van der Waals surface area (Å²) in [6, 6.07) is 6.38. The summed E-state index contributed by atoms with van der Waals surface area (Å²) >= 11 is 6.17. The second-order valence-electron chi connectivity index (χ2n) is 5.58. The third-order valence-electron chi connectivity index (χ3n) is 3.36. The average Bonchev–Trinajstić information content (AvgIpc) is 2.37. The van der Waals surface area contributed by atoms with Gasteiger partial charge in [0.25, 0.3) is 0 Å². The van der Waals surface area contributed by atoms with Gasteiger partial charge in [-0.25, -0.2) is 0 Å². The summed E-state index contributed by atoms with van der Waals surface area (Å²) in [6.45, 7) is 10.8. The van der Waals surface area contributed by atoms with E-state index in [2.05, 4.69) is 44.7 Å². The lowest BCUT2D eigenvalue weighted by atomic mass is 10.0. The van der Waals surface area contributed by atoms with Crippen LogP contribution in [-0.2, 0) is 6.42 Å². The normalized spacial score (nSPS) is 12.8. The molecular formula is C16H27ClN2. The molecule has 19 heavy (non-hydrogen) atoms. The van der Waals surface area contributed by atoms with Gasteiger partial charge in [-0.2, -0.15) is 0 Å². The fourth-order valence-corrected chi connectivity index (χ4v) is 2.44. The summed E-state index contributed by atoms with van der Waals surface area (Å²) < 4.78 is 0. The monoisotopic (exact) mass is 282 g/mol. The van der Waals surface area contributed by atoms with Crippen LogP contribution in [0.3, 0.4) is 0 Å². The van der Waals surface area contributed by atoms with Crippen LogP contribution in [0.4, 0.5) is 5.69 Å². The SMILES string of the molecule is CCC(N)Cc1ccc(Cl)cc1N(CC)CC(C)C. The maximum Gasteiger partial charge on any atom is 0.0426 e. The van der Waals surface area contributed by atoms with Gasteiger partial charge in [0.05, 0.1) is 0 Å². The fraction of sp³-hybridized carbons (Fsp3) is 0.625. The van der Waals surface area contributed by atoms with Crippen LogP contribution in [0.5, 0.6) is 0 Å². The second kappa shape index (κ2) is 7.76. The summed E-state index contributed by atoms with van der Waals surface area (Å²) in [4.78, 5) is 2.40. The highest BCUT2D eigenvalue weighted by Crippen LogP contribution is 2.27. The Morgan fingerprint density at radius 1 is 1.26 bits per heavy atom. The molecule has 3 heteroatoms. The van der Waals surface area contributed by atoms with Gasteiger partial charge >= 0.3 is 0 Å². The molecule has 0 heterocycles. The van der Waals surface area contributed by atoms with Gasteiger partial charge in [0.15, 0.2) is 0 Å². The molecule has 0 fully saturated rings. The minimum atomic E-state index is 0.220. The molecule has 1 unspecified atom stereocenters. The molecule has 0 saturated heterocycles. The van der Waals surface area contributed by atoms with Crippen LogP contribution in [0.15, 0.2) is 18.2 Å². The molecule has 1 atom stereocenters. The molecule has 0 aliphatic rings. The van der Waals surface area contributed by atoms with Crippen LogP contribution >= 0.6 is 11.6 Å². The highest BCUT2D eigenvalue weighted by molar-refractivity contribution is 6.30. The summed E-state index contributed by atoms with van der Waals surface area (Å²) in [5.74, 6) is 0.631. The summed E-state index contributed by atoms with van der Waals surface area (Å²) in [5.41, 5.74) is 8.65. The Morgan fingerprint density at radius 3 is 2.47 bits per heavy atom. The van der Waals surface area contributed by atoms with Crippen LogP contribution < -0.4 is 10.6 Å². The fourth-order valence-electron chi connectivity index (χ4n) is 2.27. The van der Waals surface area contributed by atoms with E-state index in [0.29, 0.717) is 5.92 Å². The van der Waals surface area contributed by atoms with Crippen molar-refractivity contribution in [3.05, 3.63) is 28.8 Å². The molecule has 0 spiro atoms. The molecular weight excluding hydrogens is 256 g/mol. The van der Waals surface area contributed by atoms with Gasteiger partial charge in [-0.05, 0) is 43.4 Å². The highest BCUT2D eigenvalue weighted by Gasteiger charge is 2.13. The Labute approximate surface area is 122 Å². The topological polar surface area (TPSA) is 29.3 Å². The van der Waals surface area contributed by atoms with Crippen molar-refractivity contribution < 1.29 is 0 Å². The van der Waals surface area contributed by atoms with E-state index in [9.17, 15) is 0 Å². The third-order valence-corrected chi connectivity index (χ3v) is 3.60. The molecule has 2 nitrogen and oxygen atoms in total. The zero-order chi connectivity index (χ0) is 14.4. The largest absolute Gasteiger partial charge is 0.371 e. The van der Waals surface area contributed by atoms with E-state index in [1.165, 1.54) is 11.3 Å². The zero-order valence-electron chi connectivity index (χ0n) is 12.6. The van der Waals surface area contributed by atoms with Gasteiger partial charge in [-0.1, -0.05) is 38.4 Å². The average molecular weight is 283 g/mol. The predicted molar refractivity (Wildman–Crippen MR) is 86.1 cm³/mol. The van der Waals surface area contributed by atoms with Crippen molar-refractivity contribution in [1.82, 2.24) is 0 Å². The van der Waals surface area contributed by atoms with Gasteiger partial charge in [0.1, 0.15) is 0 Å². The second-order valence-corrected chi connectivity index (χ2v) is 6.01. The predicted octanol–water partition coefficient (Wildman–Crippen LogP) is 4.10. The Balaban J connectivity index is 3.03. The number of benzene rings is 1. The maximum atomic E-state index is 6.17. The smallest absolute Gasteiger partial charge is 0.0426 e. The van der Waals surface area contributed by atoms with E-state index in [-0.39, 0.29) is 6.04 Å². The molecule has 0 aliphatic carbocycles. The number of hydrogen-bond donors (Lipinski definition) is 1. The molecule has 0 amide bonds. The molecule has 1 rings (SSSR count). The number of nitrogens with zero attached hydrogens (tertiary/aromatic N) is 1. The van der Waals surface area contributed by atoms with Crippen molar-refractivity contribution in [1.29, 1.82) is 0 Å². The summed E-state index contributed by atoms with van der Waals surface area (Å²) in [6.07, 6.45) is 1.91. The molecule has 0 aromatic heterocycles. The Morgan fingerprint density at radius 2 is 1.95 bits per heavy atom. The maximum absolute atomic E-state index is 6.17. The van der Waals surface area contributed by atoms with E-state index >= 15 is 0 Å². The first-order valence-electron chi connectivity index (χ1n) is 7.26. The molecule has 1 aromatic carbocycles. The first-order valence-corrected chi connectivity index (χ1v) is 7.64. The number of rotatable bonds is 7. The Bertz CT molecular complexity index is 390. The van der Waals surface area contributed by atoms with Crippen LogP contribution in [0.25, 0.3) is 0 Å². The number of nitrogens with two attached hydrogens (primary N) is 1. The van der Waals surface area contributed by atoms with Crippen LogP contribution in [-0.4, -0.2) is 19.1 Å². The molecule has 0 bridgehead atoms. The quantitative estimate of drug-likeness (QED) is 0.816. The van der Waals surface area contributed by atoms with Crippen molar-refractivity contribution in [3.63, 3.8) is 0 Å². The number of anilines is 1. The Kier molecular flexibility index (Phi) is 6.67. The van der Waals surface area contributed by atoms with E-state index < -0.39 is 0 Å². The lowest BCUT2D eigenvalue weighted by Gasteiger charge is -2.28. The lowest BCUT2D eigenvalue weighted by molar-refractivity contribution is 0.610. The van der Waals surface area contributed by atoms with Crippen LogP contribution in [0.2, 0.25) is 5.02 Å². The minimum Gasteiger partial charge on any atom is -0.371 e. The standard InChI is InChI=1S/C16H27ClN2/c1-5-15(18)9-13-7-8-14(17)10-16(13)19(6-2)11-12(3)4/h7-8,10,12,15H,5-6,9,11,18H2,1-4H3. The zero-order valence-corrected chi connectivity index (χ0v) is 13.4. The molecule has 0 aliphatic heterocycles. The van der Waals surface area contributed by atoms with E-state index in [4.69, 9.17) is 17.3 Å². The van der Waals surface area contributed by atoms with Gasteiger partial charge in [-0.15, -0.1) is 0 Å². The molecule has 2 N–H and O–H groups in total. The van der Waals surface area contributed by atoms with Gasteiger partial charge in [0, 0.05) is 29.8 Å². The number of hydrogen-bond acceptors (Lipinski definition) is 2. The first-order chi connectivity index (χ1) is 8.97. The highest BCUT2D eigenvalue weighted by atomic mass is 35.5. The molecule has 0 saturated carbocycles. The first kappa shape index (κ1) is 16.3. The summed E-state index contributed by atoms with van der Waals surface area (Å²) in [7, 11) is 0. The third kappa shape index (κ3) is 5.04. The van der Waals surface area contributed by atoms with Crippen molar-refractivity contribution >= 4 is 17.3 Å². The summed E-state index contributed by atoms with van der Waals surface area (Å²) in [5, 5.41) is 0.797. The van der Waals surface area contributed by atoms with E-state index in [0.717, 1.165) is 31.0 Å². The van der Waals surface area contributed by atoms with Crippen LogP contribution in [0, 0.1) is 5.92 Å². The minimum absolute atomic E-state index is 0.220. The molecule has 0 radical (unpaired) electrons. The Hall–Kier alpha value is -0.730. The van der Waals surface area contributed by atoms with E-state index in [1.54, 1.807) is 0 Å². The van der Waals surface area contributed by atoms with Crippen molar-refractivity contribution in [2.45, 2.75) is 46.6 Å². The van der Waals surface area contributed by atoms with Gasteiger partial charge in [0.2, 0.25) is 0 Å². The number of halogens is 1. The molecule has 108 valence electrons.